The fraction of sp³-hybridized carbons (Fsp3) is 0.556. The Labute approximate surface area is 155 Å². The van der Waals surface area contributed by atoms with E-state index in [1.165, 1.54) is 0 Å². The van der Waals surface area contributed by atoms with Crippen molar-refractivity contribution in [2.24, 2.45) is 5.92 Å². The van der Waals surface area contributed by atoms with E-state index in [2.05, 4.69) is 10.6 Å². The van der Waals surface area contributed by atoms with Crippen LogP contribution in [0.5, 0.6) is 0 Å². The van der Waals surface area contributed by atoms with Crippen LogP contribution < -0.4 is 15.5 Å². The molecule has 3 N–H and O–H groups in total. The summed E-state index contributed by atoms with van der Waals surface area (Å²) in [5.41, 5.74) is 0.592. The van der Waals surface area contributed by atoms with E-state index in [1.54, 1.807) is 0 Å². The van der Waals surface area contributed by atoms with Crippen LogP contribution in [0.25, 0.3) is 0 Å². The number of amides is 2. The van der Waals surface area contributed by atoms with Gasteiger partial charge in [-0.1, -0.05) is 0 Å². The lowest BCUT2D eigenvalue weighted by Gasteiger charge is -2.31. The number of benzene rings is 1. The monoisotopic (exact) mass is 383 g/mol. The lowest BCUT2D eigenvalue weighted by atomic mass is 9.86. The molecule has 0 unspecified atom stereocenters. The average molecular weight is 383 g/mol. The number of aliphatic carboxylic acids is 1. The minimum Gasteiger partial charge on any atom is -0.481 e. The van der Waals surface area contributed by atoms with Gasteiger partial charge in [-0.15, -0.1) is 0 Å². The van der Waals surface area contributed by atoms with Crippen LogP contribution in [0.15, 0.2) is 12.1 Å². The molecule has 1 heterocycles. The summed E-state index contributed by atoms with van der Waals surface area (Å²) in [6.07, 6.45) is 2.14. The van der Waals surface area contributed by atoms with Gasteiger partial charge in [-0.2, -0.15) is 0 Å². The number of carbonyl (C=O) groups is 2. The topological polar surface area (TPSA) is 90.9 Å². The number of nitrogens with zero attached hydrogens (tertiary/aromatic N) is 1. The quantitative estimate of drug-likeness (QED) is 0.743. The number of urea groups is 1. The van der Waals surface area contributed by atoms with Gasteiger partial charge in [-0.3, -0.25) is 4.79 Å². The van der Waals surface area contributed by atoms with Crippen molar-refractivity contribution in [3.05, 3.63) is 23.8 Å². The maximum atomic E-state index is 13.7. The van der Waals surface area contributed by atoms with Crippen molar-refractivity contribution >= 4 is 23.4 Å². The molecule has 0 spiro atoms. The summed E-state index contributed by atoms with van der Waals surface area (Å²) in [6.45, 7) is 1.97. The smallest absolute Gasteiger partial charge is 0.319 e. The van der Waals surface area contributed by atoms with E-state index in [4.69, 9.17) is 9.84 Å². The van der Waals surface area contributed by atoms with Crippen molar-refractivity contribution in [1.82, 2.24) is 5.32 Å². The molecule has 1 saturated heterocycles. The third-order valence-electron chi connectivity index (χ3n) is 5.05. The van der Waals surface area contributed by atoms with E-state index in [1.807, 2.05) is 4.90 Å². The number of hydrogen-bond donors (Lipinski definition) is 3. The highest BCUT2D eigenvalue weighted by Gasteiger charge is 2.27. The van der Waals surface area contributed by atoms with E-state index in [9.17, 15) is 18.4 Å². The second-order valence-corrected chi connectivity index (χ2v) is 6.87. The lowest BCUT2D eigenvalue weighted by molar-refractivity contribution is -0.142. The zero-order valence-electron chi connectivity index (χ0n) is 14.8. The van der Waals surface area contributed by atoms with E-state index in [-0.39, 0.29) is 17.6 Å². The molecule has 0 atom stereocenters. The Morgan fingerprint density at radius 1 is 1.07 bits per heavy atom. The highest BCUT2D eigenvalue weighted by molar-refractivity contribution is 5.93. The van der Waals surface area contributed by atoms with Gasteiger partial charge in [0.2, 0.25) is 0 Å². The number of rotatable bonds is 4. The van der Waals surface area contributed by atoms with Crippen LogP contribution in [0.1, 0.15) is 25.7 Å². The molecule has 2 fully saturated rings. The maximum absolute atomic E-state index is 13.7. The predicted octanol–water partition coefficient (Wildman–Crippen LogP) is 2.57. The molecule has 3 rings (SSSR count). The summed E-state index contributed by atoms with van der Waals surface area (Å²) in [6, 6.07) is 1.39. The molecule has 9 heteroatoms. The molecule has 1 aromatic rings. The first-order valence-electron chi connectivity index (χ1n) is 9.06. The SMILES string of the molecule is O=C(Nc1cc(F)c(F)cc1N1CCOCC1)NC1CCC(C(=O)O)CC1. The van der Waals surface area contributed by atoms with Crippen molar-refractivity contribution in [3.63, 3.8) is 0 Å². The Bertz CT molecular complexity index is 702. The molecule has 1 aromatic carbocycles. The van der Waals surface area contributed by atoms with Crippen molar-refractivity contribution < 1.29 is 28.2 Å². The summed E-state index contributed by atoms with van der Waals surface area (Å²) < 4.78 is 32.7. The number of morpholine rings is 1. The van der Waals surface area contributed by atoms with Gasteiger partial charge < -0.3 is 25.4 Å². The van der Waals surface area contributed by atoms with Gasteiger partial charge in [0, 0.05) is 31.3 Å². The third-order valence-corrected chi connectivity index (χ3v) is 5.05. The van der Waals surface area contributed by atoms with Crippen LogP contribution in [0.4, 0.5) is 25.0 Å². The van der Waals surface area contributed by atoms with Crippen LogP contribution in [0.2, 0.25) is 0 Å². The molecule has 0 bridgehead atoms. The number of ether oxygens (including phenoxy) is 1. The minimum absolute atomic E-state index is 0.141. The Hall–Kier alpha value is -2.42. The maximum Gasteiger partial charge on any atom is 0.319 e. The van der Waals surface area contributed by atoms with E-state index in [0.29, 0.717) is 57.7 Å². The molecule has 1 aliphatic carbocycles. The fourth-order valence-corrected chi connectivity index (χ4v) is 3.53. The van der Waals surface area contributed by atoms with Crippen molar-refractivity contribution in [2.45, 2.75) is 31.7 Å². The minimum atomic E-state index is -1.04. The van der Waals surface area contributed by atoms with Gasteiger partial charge in [0.15, 0.2) is 11.6 Å². The van der Waals surface area contributed by atoms with Crippen LogP contribution in [0.3, 0.4) is 0 Å². The van der Waals surface area contributed by atoms with Gasteiger partial charge in [-0.25, -0.2) is 13.6 Å². The molecule has 7 nitrogen and oxygen atoms in total. The Morgan fingerprint density at radius 2 is 1.70 bits per heavy atom. The van der Waals surface area contributed by atoms with Crippen LogP contribution in [-0.2, 0) is 9.53 Å². The number of carbonyl (C=O) groups excluding carboxylic acids is 1. The number of anilines is 2. The first kappa shape index (κ1) is 19.3. The molecule has 0 radical (unpaired) electrons. The van der Waals surface area contributed by atoms with Gasteiger partial charge >= 0.3 is 12.0 Å². The molecule has 2 amide bonds. The van der Waals surface area contributed by atoms with Crippen LogP contribution in [0, 0.1) is 17.6 Å². The zero-order chi connectivity index (χ0) is 19.4. The summed E-state index contributed by atoms with van der Waals surface area (Å²) in [7, 11) is 0. The van der Waals surface area contributed by atoms with E-state index in [0.717, 1.165) is 12.1 Å². The number of carboxylic acid groups (broad SMARTS) is 1. The van der Waals surface area contributed by atoms with Gasteiger partial charge in [0.25, 0.3) is 0 Å². The standard InChI is InChI=1S/C18H23F2N3O4/c19-13-9-15(16(10-14(13)20)23-5-7-27-8-6-23)22-18(26)21-12-3-1-11(2-4-12)17(24)25/h9-12H,1-8H2,(H,24,25)(H2,21,22,26). The Kier molecular flexibility index (Phi) is 6.10. The largest absolute Gasteiger partial charge is 0.481 e. The number of hydrogen-bond acceptors (Lipinski definition) is 4. The highest BCUT2D eigenvalue weighted by atomic mass is 19.2. The molecule has 1 aliphatic heterocycles. The fourth-order valence-electron chi connectivity index (χ4n) is 3.53. The van der Waals surface area contributed by atoms with E-state index >= 15 is 0 Å². The molecule has 148 valence electrons. The average Bonchev–Trinajstić information content (AvgIpc) is 2.65. The molecule has 1 saturated carbocycles. The molecule has 2 aliphatic rings. The third kappa shape index (κ3) is 4.85. The van der Waals surface area contributed by atoms with Crippen molar-refractivity contribution in [2.75, 3.05) is 36.5 Å². The summed E-state index contributed by atoms with van der Waals surface area (Å²) in [5, 5.41) is 14.4. The van der Waals surface area contributed by atoms with Crippen molar-refractivity contribution in [1.29, 1.82) is 0 Å². The Balaban J connectivity index is 1.65. The molecular weight excluding hydrogens is 360 g/mol. The number of carboxylic acids is 1. The van der Waals surface area contributed by atoms with E-state index < -0.39 is 23.6 Å². The second-order valence-electron chi connectivity index (χ2n) is 6.87. The van der Waals surface area contributed by atoms with Gasteiger partial charge in [0.05, 0.1) is 30.5 Å². The Morgan fingerprint density at radius 3 is 2.33 bits per heavy atom. The van der Waals surface area contributed by atoms with Crippen LogP contribution in [-0.4, -0.2) is 49.5 Å². The first-order valence-corrected chi connectivity index (χ1v) is 9.06. The second kappa shape index (κ2) is 8.51. The lowest BCUT2D eigenvalue weighted by Crippen LogP contribution is -2.41. The predicted molar refractivity (Wildman–Crippen MR) is 94.9 cm³/mol. The van der Waals surface area contributed by atoms with Gasteiger partial charge in [-0.05, 0) is 25.7 Å². The van der Waals surface area contributed by atoms with Gasteiger partial charge in [0.1, 0.15) is 0 Å². The molecule has 0 aromatic heterocycles. The van der Waals surface area contributed by atoms with Crippen LogP contribution >= 0.6 is 0 Å². The molecule has 27 heavy (non-hydrogen) atoms. The summed E-state index contributed by atoms with van der Waals surface area (Å²) in [4.78, 5) is 25.2. The number of halogens is 2. The number of nitrogens with one attached hydrogen (secondary N) is 2. The zero-order valence-corrected chi connectivity index (χ0v) is 14.8. The highest BCUT2D eigenvalue weighted by Crippen LogP contribution is 2.30. The summed E-state index contributed by atoms with van der Waals surface area (Å²) >= 11 is 0. The normalized spacial score (nSPS) is 23.0. The first-order chi connectivity index (χ1) is 12.9. The molecular formula is C18H23F2N3O4. The van der Waals surface area contributed by atoms with Crippen molar-refractivity contribution in [3.8, 4) is 0 Å². The summed E-state index contributed by atoms with van der Waals surface area (Å²) in [5.74, 6) is -3.20.